The molecule has 1 atom stereocenters. The fourth-order valence-corrected chi connectivity index (χ4v) is 2.69. The zero-order valence-corrected chi connectivity index (χ0v) is 9.66. The molecule has 7 heteroatoms. The molecule has 1 saturated heterocycles. The van der Waals surface area contributed by atoms with Gasteiger partial charge >= 0.3 is 12.1 Å². The van der Waals surface area contributed by atoms with E-state index in [1.54, 1.807) is 0 Å². The maximum atomic E-state index is 13.0. The van der Waals surface area contributed by atoms with E-state index in [1.165, 1.54) is 0 Å². The molecule has 0 aromatic heterocycles. The van der Waals surface area contributed by atoms with Crippen LogP contribution in [0.5, 0.6) is 0 Å². The van der Waals surface area contributed by atoms with Crippen molar-refractivity contribution < 1.29 is 27.9 Å². The van der Waals surface area contributed by atoms with Gasteiger partial charge in [-0.2, -0.15) is 13.2 Å². The summed E-state index contributed by atoms with van der Waals surface area (Å²) >= 11 is 0. The summed E-state index contributed by atoms with van der Waals surface area (Å²) in [6.07, 6.45) is -4.01. The lowest BCUT2D eigenvalue weighted by Crippen LogP contribution is -2.58. The van der Waals surface area contributed by atoms with Gasteiger partial charge in [-0.25, -0.2) is 4.79 Å². The van der Waals surface area contributed by atoms with Crippen molar-refractivity contribution in [2.75, 3.05) is 6.54 Å². The molecule has 0 unspecified atom stereocenters. The van der Waals surface area contributed by atoms with Gasteiger partial charge in [0.05, 0.1) is 0 Å². The quantitative estimate of drug-likeness (QED) is 0.828. The van der Waals surface area contributed by atoms with Gasteiger partial charge in [-0.05, 0) is 25.7 Å². The lowest BCUT2D eigenvalue weighted by molar-refractivity contribution is -0.249. The molecule has 0 spiro atoms. The van der Waals surface area contributed by atoms with E-state index in [-0.39, 0.29) is 25.8 Å². The molecule has 2 rings (SSSR count). The number of hydrogen-bond acceptors (Lipinski definition) is 2. The number of carbonyl (C=O) groups is 2. The summed E-state index contributed by atoms with van der Waals surface area (Å²) in [4.78, 5) is 23.9. The van der Waals surface area contributed by atoms with E-state index >= 15 is 0 Å². The van der Waals surface area contributed by atoms with Gasteiger partial charge < -0.3 is 10.0 Å². The van der Waals surface area contributed by atoms with Gasteiger partial charge in [0, 0.05) is 6.54 Å². The van der Waals surface area contributed by atoms with Gasteiger partial charge in [0.25, 0.3) is 0 Å². The molecule has 1 heterocycles. The van der Waals surface area contributed by atoms with Crippen molar-refractivity contribution in [2.24, 2.45) is 5.41 Å². The van der Waals surface area contributed by atoms with Gasteiger partial charge in [0.15, 0.2) is 0 Å². The van der Waals surface area contributed by atoms with Crippen LogP contribution in [0, 0.1) is 5.41 Å². The smallest absolute Gasteiger partial charge is 0.403 e. The Balaban J connectivity index is 2.23. The molecule has 1 N–H and O–H groups in total. The molecule has 0 radical (unpaired) electrons. The van der Waals surface area contributed by atoms with E-state index in [9.17, 15) is 22.8 Å². The highest BCUT2D eigenvalue weighted by molar-refractivity contribution is 5.89. The minimum atomic E-state index is -4.59. The van der Waals surface area contributed by atoms with Crippen LogP contribution in [0.25, 0.3) is 0 Å². The summed E-state index contributed by atoms with van der Waals surface area (Å²) in [5.74, 6) is -2.27. The van der Waals surface area contributed by atoms with Gasteiger partial charge in [0.1, 0.15) is 11.5 Å². The number of alkyl halides is 3. The molecular formula is C11H14F3NO3. The van der Waals surface area contributed by atoms with Crippen molar-refractivity contribution >= 4 is 11.9 Å². The number of carboxylic acid groups (broad SMARTS) is 1. The largest absolute Gasteiger partial charge is 0.480 e. The molecule has 2 fully saturated rings. The third-order valence-electron chi connectivity index (χ3n) is 3.96. The molecule has 0 bridgehead atoms. The number of amides is 1. The number of rotatable bonds is 2. The molecule has 18 heavy (non-hydrogen) atoms. The van der Waals surface area contributed by atoms with E-state index < -0.39 is 29.5 Å². The Kier molecular flexibility index (Phi) is 3.03. The predicted molar refractivity (Wildman–Crippen MR) is 54.7 cm³/mol. The first kappa shape index (κ1) is 13.2. The van der Waals surface area contributed by atoms with E-state index in [1.807, 2.05) is 0 Å². The summed E-state index contributed by atoms with van der Waals surface area (Å²) in [6, 6.07) is -1.10. The van der Waals surface area contributed by atoms with Crippen LogP contribution >= 0.6 is 0 Å². The summed E-state index contributed by atoms with van der Waals surface area (Å²) < 4.78 is 39.0. The second-order valence-electron chi connectivity index (χ2n) is 4.93. The number of hydrogen-bond donors (Lipinski definition) is 1. The number of nitrogens with zero attached hydrogens (tertiary/aromatic N) is 1. The SMILES string of the molecule is O=C(O)[C@@H]1CCCN1C(=O)C1(C(F)(F)F)CCC1. The molecular weight excluding hydrogens is 251 g/mol. The highest BCUT2D eigenvalue weighted by Crippen LogP contribution is 2.54. The van der Waals surface area contributed by atoms with Crippen LogP contribution in [0.15, 0.2) is 0 Å². The third-order valence-corrected chi connectivity index (χ3v) is 3.96. The molecule has 2 aliphatic rings. The Morgan fingerprint density at radius 3 is 2.22 bits per heavy atom. The molecule has 4 nitrogen and oxygen atoms in total. The highest BCUT2D eigenvalue weighted by atomic mass is 19.4. The highest BCUT2D eigenvalue weighted by Gasteiger charge is 2.65. The maximum absolute atomic E-state index is 13.0. The van der Waals surface area contributed by atoms with Crippen LogP contribution in [0.1, 0.15) is 32.1 Å². The minimum Gasteiger partial charge on any atom is -0.480 e. The zero-order valence-electron chi connectivity index (χ0n) is 9.66. The number of halogens is 3. The van der Waals surface area contributed by atoms with E-state index in [4.69, 9.17) is 5.11 Å². The van der Waals surface area contributed by atoms with Crippen LogP contribution in [0.2, 0.25) is 0 Å². The fraction of sp³-hybridized carbons (Fsp3) is 0.818. The number of aliphatic carboxylic acids is 1. The van der Waals surface area contributed by atoms with Crippen LogP contribution in [-0.4, -0.2) is 40.6 Å². The summed E-state index contributed by atoms with van der Waals surface area (Å²) in [7, 11) is 0. The minimum absolute atomic E-state index is 0.105. The molecule has 1 aliphatic heterocycles. The molecule has 1 aliphatic carbocycles. The number of likely N-dealkylation sites (tertiary alicyclic amines) is 1. The van der Waals surface area contributed by atoms with E-state index in [0.29, 0.717) is 12.8 Å². The summed E-state index contributed by atoms with van der Waals surface area (Å²) in [5.41, 5.74) is -2.33. The van der Waals surface area contributed by atoms with E-state index in [0.717, 1.165) is 4.90 Å². The van der Waals surface area contributed by atoms with Crippen LogP contribution < -0.4 is 0 Å². The molecule has 1 amide bonds. The lowest BCUT2D eigenvalue weighted by atomic mass is 9.67. The van der Waals surface area contributed by atoms with Crippen molar-refractivity contribution in [3.8, 4) is 0 Å². The van der Waals surface area contributed by atoms with Gasteiger partial charge in [0.2, 0.25) is 5.91 Å². The first-order valence-corrected chi connectivity index (χ1v) is 5.90. The van der Waals surface area contributed by atoms with Gasteiger partial charge in [-0.3, -0.25) is 4.79 Å². The number of carbonyl (C=O) groups excluding carboxylic acids is 1. The predicted octanol–water partition coefficient (Wildman–Crippen LogP) is 1.79. The monoisotopic (exact) mass is 265 g/mol. The lowest BCUT2D eigenvalue weighted by Gasteiger charge is -2.44. The van der Waals surface area contributed by atoms with Crippen LogP contribution in [-0.2, 0) is 9.59 Å². The molecule has 0 aromatic carbocycles. The Morgan fingerprint density at radius 2 is 1.83 bits per heavy atom. The average Bonchev–Trinajstić information content (AvgIpc) is 2.60. The van der Waals surface area contributed by atoms with Crippen molar-refractivity contribution in [3.63, 3.8) is 0 Å². The Labute approximate surface area is 102 Å². The second kappa shape index (κ2) is 4.13. The normalized spacial score (nSPS) is 26.8. The van der Waals surface area contributed by atoms with Crippen molar-refractivity contribution in [2.45, 2.75) is 44.3 Å². The van der Waals surface area contributed by atoms with Gasteiger partial charge in [-0.1, -0.05) is 6.42 Å². The summed E-state index contributed by atoms with van der Waals surface area (Å²) in [6.45, 7) is 0.105. The first-order valence-electron chi connectivity index (χ1n) is 5.90. The Morgan fingerprint density at radius 1 is 1.22 bits per heavy atom. The van der Waals surface area contributed by atoms with Crippen LogP contribution in [0.4, 0.5) is 13.2 Å². The van der Waals surface area contributed by atoms with Crippen molar-refractivity contribution in [1.82, 2.24) is 4.90 Å². The zero-order chi connectivity index (χ0) is 13.6. The van der Waals surface area contributed by atoms with Crippen LogP contribution in [0.3, 0.4) is 0 Å². The topological polar surface area (TPSA) is 57.6 Å². The summed E-state index contributed by atoms with van der Waals surface area (Å²) in [5, 5.41) is 8.92. The number of carboxylic acids is 1. The Bertz CT molecular complexity index is 376. The molecule has 102 valence electrons. The van der Waals surface area contributed by atoms with Gasteiger partial charge in [-0.15, -0.1) is 0 Å². The molecule has 1 saturated carbocycles. The first-order chi connectivity index (χ1) is 8.29. The standard InChI is InChI=1S/C11H14F3NO3/c12-11(13,14)10(4-2-5-10)9(18)15-6-1-3-7(15)8(16)17/h7H,1-6H2,(H,16,17)/t7-/m0/s1. The average molecular weight is 265 g/mol. The fourth-order valence-electron chi connectivity index (χ4n) is 2.69. The Hall–Kier alpha value is -1.27. The molecule has 0 aromatic rings. The third kappa shape index (κ3) is 1.76. The van der Waals surface area contributed by atoms with Crippen molar-refractivity contribution in [1.29, 1.82) is 0 Å². The van der Waals surface area contributed by atoms with Crippen molar-refractivity contribution in [3.05, 3.63) is 0 Å². The van der Waals surface area contributed by atoms with E-state index in [2.05, 4.69) is 0 Å². The maximum Gasteiger partial charge on any atom is 0.403 e. The second-order valence-corrected chi connectivity index (χ2v) is 4.93.